The van der Waals surface area contributed by atoms with Gasteiger partial charge in [0.05, 0.1) is 14.2 Å². The average molecular weight is 291 g/mol. The molecule has 0 amide bonds. The molecule has 0 spiro atoms. The molecule has 0 aliphatic heterocycles. The van der Waals surface area contributed by atoms with Gasteiger partial charge in [-0.3, -0.25) is 0 Å². The second kappa shape index (κ2) is 7.69. The number of nitrogens with one attached hydrogen (secondary N) is 1. The van der Waals surface area contributed by atoms with Crippen LogP contribution in [0.1, 0.15) is 44.1 Å². The largest absolute Gasteiger partial charge is 0.497 e. The molecule has 118 valence electrons. The number of rotatable bonds is 6. The van der Waals surface area contributed by atoms with Gasteiger partial charge < -0.3 is 14.8 Å². The zero-order chi connectivity index (χ0) is 15.2. The molecule has 1 aromatic carbocycles. The summed E-state index contributed by atoms with van der Waals surface area (Å²) in [5, 5.41) is 3.36. The van der Waals surface area contributed by atoms with Crippen LogP contribution in [0.15, 0.2) is 18.2 Å². The maximum Gasteiger partial charge on any atom is 0.126 e. The van der Waals surface area contributed by atoms with Gasteiger partial charge in [0.2, 0.25) is 0 Å². The van der Waals surface area contributed by atoms with Crippen molar-refractivity contribution in [2.75, 3.05) is 27.8 Å². The standard InChI is InChI=1S/C18H29NO2/c1-5-13-6-7-14(12-19-2)17(10-13)16-9-8-15(20-3)11-18(16)21-4/h8-9,11,13-14,17,19H,5-7,10,12H2,1-4H3. The van der Waals surface area contributed by atoms with Gasteiger partial charge >= 0.3 is 0 Å². The molecular formula is C18H29NO2. The summed E-state index contributed by atoms with van der Waals surface area (Å²) < 4.78 is 11.0. The molecule has 3 nitrogen and oxygen atoms in total. The van der Waals surface area contributed by atoms with E-state index in [9.17, 15) is 0 Å². The highest BCUT2D eigenvalue weighted by atomic mass is 16.5. The number of ether oxygens (including phenoxy) is 2. The van der Waals surface area contributed by atoms with Gasteiger partial charge in [0.25, 0.3) is 0 Å². The van der Waals surface area contributed by atoms with Crippen molar-refractivity contribution >= 4 is 0 Å². The minimum absolute atomic E-state index is 0.581. The Kier molecular flexibility index (Phi) is 5.92. The predicted molar refractivity (Wildman–Crippen MR) is 87.3 cm³/mol. The van der Waals surface area contributed by atoms with Crippen LogP contribution in [0.2, 0.25) is 0 Å². The fraction of sp³-hybridized carbons (Fsp3) is 0.667. The van der Waals surface area contributed by atoms with Crippen LogP contribution in [0.3, 0.4) is 0 Å². The van der Waals surface area contributed by atoms with Crippen molar-refractivity contribution < 1.29 is 9.47 Å². The molecule has 0 heterocycles. The number of hydrogen-bond acceptors (Lipinski definition) is 3. The first kappa shape index (κ1) is 16.2. The molecular weight excluding hydrogens is 262 g/mol. The molecule has 1 aromatic rings. The first-order valence-electron chi connectivity index (χ1n) is 8.09. The van der Waals surface area contributed by atoms with E-state index in [1.165, 1.54) is 31.2 Å². The lowest BCUT2D eigenvalue weighted by molar-refractivity contribution is 0.224. The van der Waals surface area contributed by atoms with E-state index < -0.39 is 0 Å². The Labute approximate surface area is 129 Å². The highest BCUT2D eigenvalue weighted by molar-refractivity contribution is 5.43. The minimum atomic E-state index is 0.581. The topological polar surface area (TPSA) is 30.5 Å². The quantitative estimate of drug-likeness (QED) is 0.864. The second-order valence-corrected chi connectivity index (χ2v) is 6.12. The summed E-state index contributed by atoms with van der Waals surface area (Å²) in [4.78, 5) is 0. The molecule has 3 atom stereocenters. The van der Waals surface area contributed by atoms with Crippen molar-refractivity contribution in [2.45, 2.75) is 38.5 Å². The van der Waals surface area contributed by atoms with E-state index in [1.807, 2.05) is 13.1 Å². The van der Waals surface area contributed by atoms with Gasteiger partial charge in [-0.05, 0) is 55.8 Å². The molecule has 0 radical (unpaired) electrons. The van der Waals surface area contributed by atoms with E-state index >= 15 is 0 Å². The zero-order valence-electron chi connectivity index (χ0n) is 13.8. The van der Waals surface area contributed by atoms with Crippen LogP contribution in [-0.2, 0) is 0 Å². The lowest BCUT2D eigenvalue weighted by Crippen LogP contribution is -2.30. The molecule has 21 heavy (non-hydrogen) atoms. The fourth-order valence-electron chi connectivity index (χ4n) is 3.70. The molecule has 0 bridgehead atoms. The number of hydrogen-bond donors (Lipinski definition) is 1. The summed E-state index contributed by atoms with van der Waals surface area (Å²) in [6.45, 7) is 3.39. The third-order valence-electron chi connectivity index (χ3n) is 4.99. The Morgan fingerprint density at radius 3 is 2.62 bits per heavy atom. The van der Waals surface area contributed by atoms with Gasteiger partial charge in [0.15, 0.2) is 0 Å². The first-order chi connectivity index (χ1) is 10.2. The molecule has 3 unspecified atom stereocenters. The van der Waals surface area contributed by atoms with E-state index in [0.29, 0.717) is 11.8 Å². The molecule has 0 saturated heterocycles. The molecule has 1 N–H and O–H groups in total. The maximum atomic E-state index is 5.64. The van der Waals surface area contributed by atoms with Gasteiger partial charge in [0, 0.05) is 6.07 Å². The lowest BCUT2D eigenvalue weighted by atomic mass is 9.70. The molecule has 1 fully saturated rings. The summed E-state index contributed by atoms with van der Waals surface area (Å²) in [6, 6.07) is 6.27. The highest BCUT2D eigenvalue weighted by Gasteiger charge is 2.32. The Hall–Kier alpha value is -1.22. The average Bonchev–Trinajstić information content (AvgIpc) is 2.55. The Morgan fingerprint density at radius 1 is 1.19 bits per heavy atom. The Morgan fingerprint density at radius 2 is 2.00 bits per heavy atom. The smallest absolute Gasteiger partial charge is 0.126 e. The van der Waals surface area contributed by atoms with Crippen LogP contribution >= 0.6 is 0 Å². The molecule has 1 aliphatic rings. The summed E-state index contributed by atoms with van der Waals surface area (Å²) in [5.74, 6) is 3.95. The van der Waals surface area contributed by atoms with Crippen molar-refractivity contribution in [3.63, 3.8) is 0 Å². The molecule has 1 aliphatic carbocycles. The Bertz CT molecular complexity index is 447. The predicted octanol–water partition coefficient (Wildman–Crippen LogP) is 3.83. The minimum Gasteiger partial charge on any atom is -0.497 e. The van der Waals surface area contributed by atoms with Crippen molar-refractivity contribution in [1.82, 2.24) is 5.32 Å². The number of methoxy groups -OCH3 is 2. The third-order valence-corrected chi connectivity index (χ3v) is 4.99. The maximum absolute atomic E-state index is 5.64. The highest BCUT2D eigenvalue weighted by Crippen LogP contribution is 2.45. The first-order valence-corrected chi connectivity index (χ1v) is 8.09. The van der Waals surface area contributed by atoms with E-state index in [-0.39, 0.29) is 0 Å². The van der Waals surface area contributed by atoms with Crippen molar-refractivity contribution in [2.24, 2.45) is 11.8 Å². The van der Waals surface area contributed by atoms with Crippen LogP contribution in [-0.4, -0.2) is 27.8 Å². The van der Waals surface area contributed by atoms with Gasteiger partial charge in [0.1, 0.15) is 11.5 Å². The summed E-state index contributed by atoms with van der Waals surface area (Å²) in [6.07, 6.45) is 5.21. The Balaban J connectivity index is 2.30. The second-order valence-electron chi connectivity index (χ2n) is 6.12. The third kappa shape index (κ3) is 3.70. The van der Waals surface area contributed by atoms with Crippen molar-refractivity contribution in [3.8, 4) is 11.5 Å². The summed E-state index contributed by atoms with van der Waals surface area (Å²) >= 11 is 0. The summed E-state index contributed by atoms with van der Waals surface area (Å²) in [7, 11) is 5.51. The fourth-order valence-corrected chi connectivity index (χ4v) is 3.70. The SMILES string of the molecule is CCC1CCC(CNC)C(c2ccc(OC)cc2OC)C1. The normalized spacial score (nSPS) is 25.6. The van der Waals surface area contributed by atoms with Crippen LogP contribution in [0.25, 0.3) is 0 Å². The van der Waals surface area contributed by atoms with Crippen LogP contribution in [0.5, 0.6) is 11.5 Å². The van der Waals surface area contributed by atoms with Gasteiger partial charge in [-0.15, -0.1) is 0 Å². The number of benzene rings is 1. The van der Waals surface area contributed by atoms with Gasteiger partial charge in [-0.1, -0.05) is 25.8 Å². The van der Waals surface area contributed by atoms with E-state index in [1.54, 1.807) is 14.2 Å². The van der Waals surface area contributed by atoms with Crippen LogP contribution < -0.4 is 14.8 Å². The summed E-state index contributed by atoms with van der Waals surface area (Å²) in [5.41, 5.74) is 1.34. The van der Waals surface area contributed by atoms with E-state index in [2.05, 4.69) is 24.4 Å². The van der Waals surface area contributed by atoms with Gasteiger partial charge in [-0.2, -0.15) is 0 Å². The van der Waals surface area contributed by atoms with Crippen LogP contribution in [0, 0.1) is 11.8 Å². The van der Waals surface area contributed by atoms with Crippen molar-refractivity contribution in [1.29, 1.82) is 0 Å². The van der Waals surface area contributed by atoms with Crippen LogP contribution in [0.4, 0.5) is 0 Å². The molecule has 1 saturated carbocycles. The monoisotopic (exact) mass is 291 g/mol. The van der Waals surface area contributed by atoms with E-state index in [0.717, 1.165) is 24.0 Å². The molecule has 3 heteroatoms. The molecule has 0 aromatic heterocycles. The van der Waals surface area contributed by atoms with E-state index in [4.69, 9.17) is 9.47 Å². The lowest BCUT2D eigenvalue weighted by Gasteiger charge is -2.37. The zero-order valence-corrected chi connectivity index (χ0v) is 13.8. The van der Waals surface area contributed by atoms with Gasteiger partial charge in [-0.25, -0.2) is 0 Å². The molecule has 2 rings (SSSR count). The van der Waals surface area contributed by atoms with Crippen molar-refractivity contribution in [3.05, 3.63) is 23.8 Å².